The lowest BCUT2D eigenvalue weighted by Gasteiger charge is -2.10. The number of nitrogens with two attached hydrogens (primary N) is 1. The number of halogens is 1. The first-order valence-corrected chi connectivity index (χ1v) is 8.21. The predicted octanol–water partition coefficient (Wildman–Crippen LogP) is 4.86. The van der Waals surface area contributed by atoms with Crippen LogP contribution in [0.25, 0.3) is 0 Å². The third-order valence-electron chi connectivity index (χ3n) is 3.17. The Morgan fingerprint density at radius 3 is 2.36 bits per heavy atom. The molecule has 0 saturated carbocycles. The minimum Gasteiger partial charge on any atom is -0.456 e. The van der Waals surface area contributed by atoms with Crippen molar-refractivity contribution < 1.29 is 9.53 Å². The molecule has 2 aromatic carbocycles. The molecule has 126 valence electrons. The molecule has 0 aliphatic rings. The Morgan fingerprint density at radius 2 is 1.68 bits per heavy atom. The van der Waals surface area contributed by atoms with Crippen molar-refractivity contribution in [2.45, 2.75) is 0 Å². The highest BCUT2D eigenvalue weighted by Gasteiger charge is 2.05. The van der Waals surface area contributed by atoms with Crippen molar-refractivity contribution in [3.8, 4) is 11.5 Å². The van der Waals surface area contributed by atoms with Crippen LogP contribution < -0.4 is 21.1 Å². The number of nitrogens with one attached hydrogen (secondary N) is 2. The van der Waals surface area contributed by atoms with E-state index >= 15 is 0 Å². The number of amides is 2. The Labute approximate surface area is 153 Å². The second-order valence-electron chi connectivity index (χ2n) is 5.14. The van der Waals surface area contributed by atoms with Gasteiger partial charge in [-0.1, -0.05) is 28.1 Å². The van der Waals surface area contributed by atoms with Crippen molar-refractivity contribution in [2.24, 2.45) is 0 Å². The molecule has 0 radical (unpaired) electrons. The molecule has 1 heterocycles. The van der Waals surface area contributed by atoms with Crippen LogP contribution in [0.15, 0.2) is 71.3 Å². The van der Waals surface area contributed by atoms with Gasteiger partial charge in [-0.25, -0.2) is 9.78 Å². The molecule has 0 saturated heterocycles. The first-order valence-electron chi connectivity index (χ1n) is 7.41. The van der Waals surface area contributed by atoms with Gasteiger partial charge in [0.05, 0.1) is 6.20 Å². The molecule has 6 nitrogen and oxygen atoms in total. The number of benzene rings is 2. The van der Waals surface area contributed by atoms with Gasteiger partial charge in [-0.3, -0.25) is 0 Å². The lowest BCUT2D eigenvalue weighted by Crippen LogP contribution is -2.19. The second-order valence-corrected chi connectivity index (χ2v) is 6.05. The van der Waals surface area contributed by atoms with Crippen LogP contribution in [-0.2, 0) is 0 Å². The van der Waals surface area contributed by atoms with Gasteiger partial charge in [-0.05, 0) is 42.5 Å². The molecule has 3 aromatic rings. The molecule has 1 aromatic heterocycles. The smallest absolute Gasteiger partial charge is 0.323 e. The minimum absolute atomic E-state index is 0.343. The quantitative estimate of drug-likeness (QED) is 0.585. The lowest BCUT2D eigenvalue weighted by atomic mass is 10.3. The average molecular weight is 399 g/mol. The summed E-state index contributed by atoms with van der Waals surface area (Å²) in [6, 6.07) is 17.4. The lowest BCUT2D eigenvalue weighted by molar-refractivity contribution is 0.262. The highest BCUT2D eigenvalue weighted by Crippen LogP contribution is 2.24. The van der Waals surface area contributed by atoms with E-state index in [2.05, 4.69) is 31.5 Å². The van der Waals surface area contributed by atoms with Crippen molar-refractivity contribution in [1.82, 2.24) is 4.98 Å². The minimum atomic E-state index is -0.343. The first kappa shape index (κ1) is 16.8. The standard InChI is InChI=1S/C18H15BrN4O2/c19-12-3-1-4-13(9-12)22-18(24)23-14-5-2-6-15(10-14)25-16-7-8-17(20)21-11-16/h1-11H,(H2,20,21)(H2,22,23,24). The maximum Gasteiger partial charge on any atom is 0.323 e. The molecule has 0 aliphatic heterocycles. The maximum absolute atomic E-state index is 12.1. The van der Waals surface area contributed by atoms with Gasteiger partial charge in [0.2, 0.25) is 0 Å². The van der Waals surface area contributed by atoms with E-state index in [0.29, 0.717) is 28.7 Å². The fourth-order valence-corrected chi connectivity index (χ4v) is 2.48. The number of hydrogen-bond acceptors (Lipinski definition) is 4. The fourth-order valence-electron chi connectivity index (χ4n) is 2.09. The van der Waals surface area contributed by atoms with Crippen molar-refractivity contribution in [2.75, 3.05) is 16.4 Å². The van der Waals surface area contributed by atoms with Crippen molar-refractivity contribution in [3.63, 3.8) is 0 Å². The summed E-state index contributed by atoms with van der Waals surface area (Å²) in [6.45, 7) is 0. The summed E-state index contributed by atoms with van der Waals surface area (Å²) in [4.78, 5) is 16.1. The van der Waals surface area contributed by atoms with Crippen molar-refractivity contribution in [3.05, 3.63) is 71.3 Å². The summed E-state index contributed by atoms with van der Waals surface area (Å²) in [5.74, 6) is 1.56. The fraction of sp³-hybridized carbons (Fsp3) is 0. The SMILES string of the molecule is Nc1ccc(Oc2cccc(NC(=O)Nc3cccc(Br)c3)c2)cn1. The van der Waals surface area contributed by atoms with Crippen LogP contribution in [0.1, 0.15) is 0 Å². The Hall–Kier alpha value is -3.06. The Balaban J connectivity index is 1.64. The molecule has 25 heavy (non-hydrogen) atoms. The van der Waals surface area contributed by atoms with E-state index in [9.17, 15) is 4.79 Å². The van der Waals surface area contributed by atoms with Gasteiger partial charge in [0, 0.05) is 21.9 Å². The molecule has 0 bridgehead atoms. The van der Waals surface area contributed by atoms with Crippen molar-refractivity contribution >= 4 is 39.2 Å². The van der Waals surface area contributed by atoms with Gasteiger partial charge in [0.1, 0.15) is 17.3 Å². The average Bonchev–Trinajstić information content (AvgIpc) is 2.57. The molecule has 4 N–H and O–H groups in total. The predicted molar refractivity (Wildman–Crippen MR) is 102 cm³/mol. The molecule has 7 heteroatoms. The summed E-state index contributed by atoms with van der Waals surface area (Å²) in [7, 11) is 0. The number of rotatable bonds is 4. The molecule has 0 fully saturated rings. The molecule has 0 unspecified atom stereocenters. The van der Waals surface area contributed by atoms with Gasteiger partial charge < -0.3 is 21.1 Å². The molecule has 0 aliphatic carbocycles. The van der Waals surface area contributed by atoms with Gasteiger partial charge in [-0.15, -0.1) is 0 Å². The van der Waals surface area contributed by atoms with E-state index < -0.39 is 0 Å². The van der Waals surface area contributed by atoms with Crippen LogP contribution in [0.3, 0.4) is 0 Å². The number of carbonyl (C=O) groups excluding carboxylic acids is 1. The van der Waals surface area contributed by atoms with Crippen LogP contribution in [0.2, 0.25) is 0 Å². The number of nitrogen functional groups attached to an aromatic ring is 1. The number of ether oxygens (including phenoxy) is 1. The van der Waals surface area contributed by atoms with Crippen molar-refractivity contribution in [1.29, 1.82) is 0 Å². The van der Waals surface area contributed by atoms with Gasteiger partial charge in [-0.2, -0.15) is 0 Å². The monoisotopic (exact) mass is 398 g/mol. The van der Waals surface area contributed by atoms with E-state index in [1.54, 1.807) is 42.5 Å². The van der Waals surface area contributed by atoms with E-state index in [4.69, 9.17) is 10.5 Å². The van der Waals surface area contributed by atoms with Crippen LogP contribution in [0.5, 0.6) is 11.5 Å². The molecular formula is C18H15BrN4O2. The normalized spacial score (nSPS) is 10.1. The van der Waals surface area contributed by atoms with E-state index in [0.717, 1.165) is 4.47 Å². The number of aromatic nitrogens is 1. The number of urea groups is 1. The van der Waals surface area contributed by atoms with Gasteiger partial charge in [0.25, 0.3) is 0 Å². The number of nitrogens with zero attached hydrogens (tertiary/aromatic N) is 1. The number of pyridine rings is 1. The van der Waals surface area contributed by atoms with Crippen LogP contribution in [0, 0.1) is 0 Å². The molecular weight excluding hydrogens is 384 g/mol. The zero-order valence-electron chi connectivity index (χ0n) is 13.1. The summed E-state index contributed by atoms with van der Waals surface area (Å²) in [6.07, 6.45) is 1.54. The van der Waals surface area contributed by atoms with Crippen LogP contribution >= 0.6 is 15.9 Å². The summed E-state index contributed by atoms with van der Waals surface area (Å²) < 4.78 is 6.58. The zero-order chi connectivity index (χ0) is 17.6. The largest absolute Gasteiger partial charge is 0.456 e. The third kappa shape index (κ3) is 4.95. The highest BCUT2D eigenvalue weighted by atomic mass is 79.9. The number of carbonyl (C=O) groups is 1. The Bertz CT molecular complexity index is 884. The third-order valence-corrected chi connectivity index (χ3v) is 3.66. The summed E-state index contributed by atoms with van der Waals surface area (Å²) >= 11 is 3.36. The van der Waals surface area contributed by atoms with E-state index in [1.807, 2.05) is 18.2 Å². The number of anilines is 3. The topological polar surface area (TPSA) is 89.3 Å². The molecule has 3 rings (SSSR count). The summed E-state index contributed by atoms with van der Waals surface area (Å²) in [5, 5.41) is 5.53. The first-order chi connectivity index (χ1) is 12.1. The van der Waals surface area contributed by atoms with Crippen LogP contribution in [-0.4, -0.2) is 11.0 Å². The summed E-state index contributed by atoms with van der Waals surface area (Å²) in [5.41, 5.74) is 6.84. The van der Waals surface area contributed by atoms with Gasteiger partial charge >= 0.3 is 6.03 Å². The molecule has 0 spiro atoms. The van der Waals surface area contributed by atoms with Crippen LogP contribution in [0.4, 0.5) is 22.0 Å². The highest BCUT2D eigenvalue weighted by molar-refractivity contribution is 9.10. The van der Waals surface area contributed by atoms with E-state index in [-0.39, 0.29) is 6.03 Å². The number of hydrogen-bond donors (Lipinski definition) is 3. The second kappa shape index (κ2) is 7.67. The zero-order valence-corrected chi connectivity index (χ0v) is 14.7. The Morgan fingerprint density at radius 1 is 0.960 bits per heavy atom. The molecule has 0 atom stereocenters. The maximum atomic E-state index is 12.1. The van der Waals surface area contributed by atoms with E-state index in [1.165, 1.54) is 6.20 Å². The van der Waals surface area contributed by atoms with Gasteiger partial charge in [0.15, 0.2) is 0 Å². The Kier molecular flexibility index (Phi) is 5.15. The molecule has 2 amide bonds.